The lowest BCUT2D eigenvalue weighted by atomic mass is 9.92. The van der Waals surface area contributed by atoms with Crippen molar-refractivity contribution >= 4 is 12.1 Å². The predicted octanol–water partition coefficient (Wildman–Crippen LogP) is 5.30. The second-order valence-corrected chi connectivity index (χ2v) is 7.51. The molecule has 1 unspecified atom stereocenters. The molecule has 192 valence electrons. The van der Waals surface area contributed by atoms with Gasteiger partial charge in [-0.3, -0.25) is 5.32 Å². The normalized spacial score (nSPS) is 13.5. The standard InChI is InChI=1S/C23H18F6N2O5/c1-34-19(32)21(23(27,28)29,30-20(33)35-13-14-5-3-2-4-6-14)12-17-11-18(31-36-17)15-7-9-16(10-8-15)22(24,25)26/h2-11H,12-13H2,1H3,(H,30,33). The van der Waals surface area contributed by atoms with E-state index >= 15 is 0 Å². The highest BCUT2D eigenvalue weighted by molar-refractivity contribution is 5.87. The first kappa shape index (κ1) is 26.6. The maximum atomic E-state index is 14.2. The van der Waals surface area contributed by atoms with Gasteiger partial charge in [-0.15, -0.1) is 0 Å². The summed E-state index contributed by atoms with van der Waals surface area (Å²) < 4.78 is 94.8. The monoisotopic (exact) mass is 516 g/mol. The Morgan fingerprint density at radius 3 is 2.17 bits per heavy atom. The van der Waals surface area contributed by atoms with Crippen molar-refractivity contribution in [1.82, 2.24) is 10.5 Å². The van der Waals surface area contributed by atoms with Gasteiger partial charge in [0.15, 0.2) is 0 Å². The molecule has 7 nitrogen and oxygen atoms in total. The molecule has 0 spiro atoms. The number of carbonyl (C=O) groups is 2. The highest BCUT2D eigenvalue weighted by Crippen LogP contribution is 2.36. The zero-order valence-corrected chi connectivity index (χ0v) is 18.4. The summed E-state index contributed by atoms with van der Waals surface area (Å²) in [7, 11) is 0.702. The molecular formula is C23H18F6N2O5. The van der Waals surface area contributed by atoms with Crippen LogP contribution in [0.4, 0.5) is 31.1 Å². The fraction of sp³-hybridized carbons (Fsp3) is 0.261. The molecule has 0 aliphatic carbocycles. The summed E-state index contributed by atoms with van der Waals surface area (Å²) in [6.07, 6.45) is -12.8. The lowest BCUT2D eigenvalue weighted by Crippen LogP contribution is -2.65. The van der Waals surface area contributed by atoms with Gasteiger partial charge in [0.05, 0.1) is 19.1 Å². The van der Waals surface area contributed by atoms with Gasteiger partial charge in [0.1, 0.15) is 18.1 Å². The van der Waals surface area contributed by atoms with Crippen molar-refractivity contribution in [3.63, 3.8) is 0 Å². The number of aromatic nitrogens is 1. The summed E-state index contributed by atoms with van der Waals surface area (Å²) in [6, 6.07) is 12.7. The fourth-order valence-corrected chi connectivity index (χ4v) is 3.19. The number of carbonyl (C=O) groups excluding carboxylic acids is 2. The van der Waals surface area contributed by atoms with Crippen molar-refractivity contribution in [3.05, 3.63) is 77.6 Å². The number of nitrogens with zero attached hydrogens (tertiary/aromatic N) is 1. The van der Waals surface area contributed by atoms with Gasteiger partial charge in [-0.1, -0.05) is 47.6 Å². The SMILES string of the molecule is COC(=O)C(Cc1cc(-c2ccc(C(F)(F)F)cc2)no1)(NC(=O)OCc1ccccc1)C(F)(F)F. The van der Waals surface area contributed by atoms with Crippen LogP contribution in [0.5, 0.6) is 0 Å². The summed E-state index contributed by atoms with van der Waals surface area (Å²) in [5, 5.41) is 5.10. The number of alkyl carbamates (subject to hydrolysis) is 1. The van der Waals surface area contributed by atoms with E-state index < -0.39 is 47.7 Å². The van der Waals surface area contributed by atoms with Gasteiger partial charge >= 0.3 is 24.4 Å². The van der Waals surface area contributed by atoms with Crippen molar-refractivity contribution in [2.75, 3.05) is 7.11 Å². The fourth-order valence-electron chi connectivity index (χ4n) is 3.19. The van der Waals surface area contributed by atoms with Crippen LogP contribution in [0, 0.1) is 0 Å². The van der Waals surface area contributed by atoms with Crippen molar-refractivity contribution in [3.8, 4) is 11.3 Å². The van der Waals surface area contributed by atoms with E-state index in [0.29, 0.717) is 12.7 Å². The van der Waals surface area contributed by atoms with E-state index in [1.807, 2.05) is 0 Å². The molecule has 0 radical (unpaired) electrons. The minimum Gasteiger partial charge on any atom is -0.467 e. The van der Waals surface area contributed by atoms with Gasteiger partial charge in [0.2, 0.25) is 5.54 Å². The lowest BCUT2D eigenvalue weighted by molar-refractivity contribution is -0.211. The summed E-state index contributed by atoms with van der Waals surface area (Å²) in [4.78, 5) is 24.6. The maximum Gasteiger partial charge on any atom is 0.423 e. The third-order valence-corrected chi connectivity index (χ3v) is 5.05. The number of rotatable bonds is 7. The second-order valence-electron chi connectivity index (χ2n) is 7.51. The molecule has 1 heterocycles. The van der Waals surface area contributed by atoms with Crippen LogP contribution < -0.4 is 5.32 Å². The number of esters is 1. The number of hydrogen-bond donors (Lipinski definition) is 1. The molecule has 1 aromatic heterocycles. The molecule has 0 saturated heterocycles. The molecule has 2 aromatic carbocycles. The van der Waals surface area contributed by atoms with Crippen LogP contribution in [-0.4, -0.2) is 36.0 Å². The van der Waals surface area contributed by atoms with Gasteiger partial charge in [-0.25, -0.2) is 9.59 Å². The van der Waals surface area contributed by atoms with Crippen molar-refractivity contribution in [2.24, 2.45) is 0 Å². The first-order chi connectivity index (χ1) is 16.9. The smallest absolute Gasteiger partial charge is 0.423 e. The Balaban J connectivity index is 1.85. The molecular weight excluding hydrogens is 498 g/mol. The van der Waals surface area contributed by atoms with Gasteiger partial charge < -0.3 is 14.0 Å². The summed E-state index contributed by atoms with van der Waals surface area (Å²) in [5.74, 6) is -2.35. The van der Waals surface area contributed by atoms with Crippen molar-refractivity contribution in [1.29, 1.82) is 0 Å². The zero-order valence-electron chi connectivity index (χ0n) is 18.4. The van der Waals surface area contributed by atoms with Crippen molar-refractivity contribution in [2.45, 2.75) is 30.9 Å². The Labute approximate surface area is 200 Å². The second kappa shape index (κ2) is 10.3. The first-order valence-electron chi connectivity index (χ1n) is 10.1. The van der Waals surface area contributed by atoms with Crippen LogP contribution in [0.15, 0.2) is 65.2 Å². The molecule has 0 bridgehead atoms. The molecule has 1 atom stereocenters. The molecule has 0 aliphatic rings. The van der Waals surface area contributed by atoms with E-state index in [4.69, 9.17) is 9.26 Å². The quantitative estimate of drug-likeness (QED) is 0.339. The van der Waals surface area contributed by atoms with E-state index in [2.05, 4.69) is 9.89 Å². The van der Waals surface area contributed by atoms with E-state index in [0.717, 1.165) is 30.3 Å². The van der Waals surface area contributed by atoms with Crippen molar-refractivity contribution < 1.29 is 49.9 Å². The number of halogens is 6. The average molecular weight is 516 g/mol. The molecule has 3 aromatic rings. The van der Waals surface area contributed by atoms with Crippen LogP contribution in [0.2, 0.25) is 0 Å². The number of alkyl halides is 6. The lowest BCUT2D eigenvalue weighted by Gasteiger charge is -2.32. The molecule has 36 heavy (non-hydrogen) atoms. The van der Waals surface area contributed by atoms with E-state index in [1.54, 1.807) is 30.3 Å². The molecule has 3 rings (SSSR count). The van der Waals surface area contributed by atoms with Gasteiger partial charge in [-0.05, 0) is 17.7 Å². The number of methoxy groups -OCH3 is 1. The number of ether oxygens (including phenoxy) is 2. The Bertz CT molecular complexity index is 1190. The third-order valence-electron chi connectivity index (χ3n) is 5.05. The predicted molar refractivity (Wildman–Crippen MR) is 111 cm³/mol. The van der Waals surface area contributed by atoms with E-state index in [1.165, 1.54) is 5.32 Å². The van der Waals surface area contributed by atoms with Crippen LogP contribution >= 0.6 is 0 Å². The Morgan fingerprint density at radius 2 is 1.61 bits per heavy atom. The summed E-state index contributed by atoms with van der Waals surface area (Å²) in [6.45, 7) is -0.373. The van der Waals surface area contributed by atoms with E-state index in [-0.39, 0.29) is 17.9 Å². The third kappa shape index (κ3) is 5.96. The molecule has 1 N–H and O–H groups in total. The number of amides is 1. The zero-order chi connectivity index (χ0) is 26.6. The number of benzene rings is 2. The highest BCUT2D eigenvalue weighted by Gasteiger charge is 2.63. The Hall–Kier alpha value is -4.03. The first-order valence-corrected chi connectivity index (χ1v) is 10.1. The topological polar surface area (TPSA) is 90.7 Å². The van der Waals surface area contributed by atoms with Crippen LogP contribution in [0.25, 0.3) is 11.3 Å². The Morgan fingerprint density at radius 1 is 0.972 bits per heavy atom. The van der Waals surface area contributed by atoms with Gasteiger partial charge in [0.25, 0.3) is 0 Å². The minimum absolute atomic E-state index is 0.0914. The Kier molecular flexibility index (Phi) is 7.60. The largest absolute Gasteiger partial charge is 0.467 e. The molecule has 0 saturated carbocycles. The highest BCUT2D eigenvalue weighted by atomic mass is 19.4. The van der Waals surface area contributed by atoms with Gasteiger partial charge in [-0.2, -0.15) is 26.3 Å². The molecule has 1 amide bonds. The van der Waals surface area contributed by atoms with Gasteiger partial charge in [0, 0.05) is 11.6 Å². The van der Waals surface area contributed by atoms with Crippen LogP contribution in [0.1, 0.15) is 16.9 Å². The van der Waals surface area contributed by atoms with Crippen LogP contribution in [-0.2, 0) is 33.5 Å². The minimum atomic E-state index is -5.37. The molecule has 0 aliphatic heterocycles. The summed E-state index contributed by atoms with van der Waals surface area (Å²) >= 11 is 0. The molecule has 0 fully saturated rings. The maximum absolute atomic E-state index is 14.2. The number of hydrogen-bond acceptors (Lipinski definition) is 6. The molecule has 13 heteroatoms. The number of nitrogens with one attached hydrogen (secondary N) is 1. The average Bonchev–Trinajstić information content (AvgIpc) is 3.29. The van der Waals surface area contributed by atoms with E-state index in [9.17, 15) is 35.9 Å². The van der Waals surface area contributed by atoms with Crippen LogP contribution in [0.3, 0.4) is 0 Å². The summed E-state index contributed by atoms with van der Waals surface area (Å²) in [5.41, 5.74) is -4.03.